The Kier molecular flexibility index (Phi) is 4.29. The van der Waals surface area contributed by atoms with Gasteiger partial charge in [-0.2, -0.15) is 0 Å². The van der Waals surface area contributed by atoms with Crippen molar-refractivity contribution in [3.8, 4) is 11.3 Å². The van der Waals surface area contributed by atoms with E-state index < -0.39 is 0 Å². The third-order valence-corrected chi connectivity index (χ3v) is 6.36. The summed E-state index contributed by atoms with van der Waals surface area (Å²) in [4.78, 5) is 14.2. The molecule has 28 heavy (non-hydrogen) atoms. The van der Waals surface area contributed by atoms with Crippen LogP contribution in [0.4, 0.5) is 0 Å². The molecule has 5 heterocycles. The maximum Gasteiger partial charge on any atom is 0.133 e. The lowest BCUT2D eigenvalue weighted by molar-refractivity contribution is 0.00651. The van der Waals surface area contributed by atoms with Crippen LogP contribution < -0.4 is 0 Å². The Morgan fingerprint density at radius 3 is 2.71 bits per heavy atom. The summed E-state index contributed by atoms with van der Waals surface area (Å²) in [6.07, 6.45) is 7.92. The smallest absolute Gasteiger partial charge is 0.133 e. The molecule has 0 bridgehead atoms. The van der Waals surface area contributed by atoms with Gasteiger partial charge in [0.15, 0.2) is 0 Å². The van der Waals surface area contributed by atoms with E-state index in [9.17, 15) is 0 Å². The molecule has 7 heteroatoms. The van der Waals surface area contributed by atoms with Crippen LogP contribution >= 0.6 is 0 Å². The van der Waals surface area contributed by atoms with Gasteiger partial charge in [0.1, 0.15) is 11.6 Å². The second kappa shape index (κ2) is 6.83. The molecule has 1 fully saturated rings. The number of aryl methyl sites for hydroxylation is 1. The number of hydrogen-bond acceptors (Lipinski definition) is 6. The fourth-order valence-corrected chi connectivity index (χ4v) is 4.76. The number of aromatic nitrogens is 4. The van der Waals surface area contributed by atoms with E-state index in [0.717, 1.165) is 62.6 Å². The molecule has 0 amide bonds. The van der Waals surface area contributed by atoms with E-state index in [4.69, 9.17) is 9.51 Å². The number of likely N-dealkylation sites (N-methyl/N-ethyl adjacent to an activating group) is 1. The molecule has 7 nitrogen and oxygen atoms in total. The molecule has 3 aromatic heterocycles. The highest BCUT2D eigenvalue weighted by Gasteiger charge is 2.45. The number of pyridine rings is 1. The minimum Gasteiger partial charge on any atom is -0.361 e. The van der Waals surface area contributed by atoms with Crippen molar-refractivity contribution in [1.29, 1.82) is 0 Å². The van der Waals surface area contributed by atoms with Crippen LogP contribution in [0.5, 0.6) is 0 Å². The molecule has 0 aliphatic carbocycles. The summed E-state index contributed by atoms with van der Waals surface area (Å²) in [7, 11) is 2.25. The van der Waals surface area contributed by atoms with Crippen LogP contribution in [0, 0.1) is 6.92 Å². The molecule has 146 valence electrons. The van der Waals surface area contributed by atoms with Crippen LogP contribution in [0.2, 0.25) is 0 Å². The van der Waals surface area contributed by atoms with E-state index in [0.29, 0.717) is 0 Å². The minimum atomic E-state index is 0.00888. The maximum atomic E-state index is 5.22. The second-order valence-corrected chi connectivity index (χ2v) is 8.02. The molecule has 2 aliphatic heterocycles. The van der Waals surface area contributed by atoms with Crippen molar-refractivity contribution < 1.29 is 4.52 Å². The summed E-state index contributed by atoms with van der Waals surface area (Å²) in [5, 5.41) is 4.15. The molecule has 0 N–H and O–H groups in total. The van der Waals surface area contributed by atoms with Crippen molar-refractivity contribution in [2.45, 2.75) is 38.4 Å². The topological polar surface area (TPSA) is 63.2 Å². The molecule has 1 saturated heterocycles. The van der Waals surface area contributed by atoms with Gasteiger partial charge in [-0.3, -0.25) is 14.8 Å². The standard InChI is InChI=1S/C21H26N6O/c1-16-12-18(24-28-16)15-26-8-5-21(6-9-26)20-23-14-19(17-4-3-7-22-13-17)27(20)11-10-25(21)2/h3-4,7,12-14H,5-6,8-11,15H2,1-2H3. The molecule has 0 unspecified atom stereocenters. The van der Waals surface area contributed by atoms with Crippen molar-refractivity contribution in [3.05, 3.63) is 54.1 Å². The number of rotatable bonds is 3. The van der Waals surface area contributed by atoms with Crippen LogP contribution in [0.3, 0.4) is 0 Å². The summed E-state index contributed by atoms with van der Waals surface area (Å²) in [6, 6.07) is 6.14. The maximum absolute atomic E-state index is 5.22. The summed E-state index contributed by atoms with van der Waals surface area (Å²) in [5.41, 5.74) is 3.34. The average molecular weight is 378 g/mol. The largest absolute Gasteiger partial charge is 0.361 e. The lowest BCUT2D eigenvalue weighted by Crippen LogP contribution is -2.56. The van der Waals surface area contributed by atoms with Crippen molar-refractivity contribution in [2.24, 2.45) is 0 Å². The van der Waals surface area contributed by atoms with Crippen LogP contribution in [0.1, 0.15) is 30.1 Å². The average Bonchev–Trinajstić information content (AvgIpc) is 3.34. The number of likely N-dealkylation sites (tertiary alicyclic amines) is 1. The second-order valence-electron chi connectivity index (χ2n) is 8.02. The minimum absolute atomic E-state index is 0.00888. The van der Waals surface area contributed by atoms with Gasteiger partial charge in [-0.1, -0.05) is 5.16 Å². The van der Waals surface area contributed by atoms with Crippen molar-refractivity contribution >= 4 is 0 Å². The Hall–Kier alpha value is -2.51. The molecular formula is C21H26N6O. The summed E-state index contributed by atoms with van der Waals surface area (Å²) >= 11 is 0. The van der Waals surface area contributed by atoms with Crippen molar-refractivity contribution in [1.82, 2.24) is 29.5 Å². The van der Waals surface area contributed by atoms with E-state index in [1.165, 1.54) is 11.5 Å². The molecule has 2 aliphatic rings. The highest BCUT2D eigenvalue weighted by atomic mass is 16.5. The Morgan fingerprint density at radius 2 is 2.00 bits per heavy atom. The first-order valence-corrected chi connectivity index (χ1v) is 9.98. The van der Waals surface area contributed by atoms with Gasteiger partial charge in [-0.05, 0) is 38.9 Å². The van der Waals surface area contributed by atoms with Crippen molar-refractivity contribution in [2.75, 3.05) is 26.7 Å². The van der Waals surface area contributed by atoms with Gasteiger partial charge in [0.2, 0.25) is 0 Å². The quantitative estimate of drug-likeness (QED) is 0.698. The Labute approximate surface area is 165 Å². The SMILES string of the molecule is Cc1cc(CN2CCC3(CC2)c2ncc(-c4cccnc4)n2CCN3C)no1. The van der Waals surface area contributed by atoms with Crippen molar-refractivity contribution in [3.63, 3.8) is 0 Å². The normalized spacial score (nSPS) is 19.8. The van der Waals surface area contributed by atoms with Gasteiger partial charge in [-0.25, -0.2) is 4.98 Å². The molecule has 0 saturated carbocycles. The number of hydrogen-bond donors (Lipinski definition) is 0. The molecular weight excluding hydrogens is 352 g/mol. The molecule has 5 rings (SSSR count). The predicted octanol–water partition coefficient (Wildman–Crippen LogP) is 2.68. The van der Waals surface area contributed by atoms with Crippen LogP contribution in [0.15, 0.2) is 41.3 Å². The lowest BCUT2D eigenvalue weighted by atomic mass is 9.83. The van der Waals surface area contributed by atoms with E-state index in [1.807, 2.05) is 37.6 Å². The van der Waals surface area contributed by atoms with E-state index >= 15 is 0 Å². The molecule has 0 aromatic carbocycles. The van der Waals surface area contributed by atoms with Gasteiger partial charge >= 0.3 is 0 Å². The van der Waals surface area contributed by atoms with Gasteiger partial charge in [0, 0.05) is 56.7 Å². The summed E-state index contributed by atoms with van der Waals surface area (Å²) in [6.45, 7) is 6.88. The molecule has 1 spiro atoms. The van der Waals surface area contributed by atoms with E-state index in [1.54, 1.807) is 0 Å². The Balaban J connectivity index is 1.40. The van der Waals surface area contributed by atoms with Crippen LogP contribution in [-0.4, -0.2) is 56.2 Å². The zero-order valence-corrected chi connectivity index (χ0v) is 16.5. The zero-order chi connectivity index (χ0) is 19.1. The fraction of sp³-hybridized carbons (Fsp3) is 0.476. The number of nitrogens with zero attached hydrogens (tertiary/aromatic N) is 6. The third-order valence-electron chi connectivity index (χ3n) is 6.36. The highest BCUT2D eigenvalue weighted by molar-refractivity contribution is 5.58. The zero-order valence-electron chi connectivity index (χ0n) is 16.5. The number of piperidine rings is 1. The fourth-order valence-electron chi connectivity index (χ4n) is 4.76. The molecule has 3 aromatic rings. The van der Waals surface area contributed by atoms with Crippen LogP contribution in [0.25, 0.3) is 11.3 Å². The third kappa shape index (κ3) is 2.86. The molecule has 0 radical (unpaired) electrons. The number of fused-ring (bicyclic) bond motifs is 2. The highest BCUT2D eigenvalue weighted by Crippen LogP contribution is 2.41. The lowest BCUT2D eigenvalue weighted by Gasteiger charge is -2.49. The first-order chi connectivity index (χ1) is 13.7. The van der Waals surface area contributed by atoms with Crippen LogP contribution in [-0.2, 0) is 18.6 Å². The monoisotopic (exact) mass is 378 g/mol. The van der Waals surface area contributed by atoms with Gasteiger partial charge in [0.05, 0.1) is 23.1 Å². The first kappa shape index (κ1) is 17.6. The summed E-state index contributed by atoms with van der Waals surface area (Å²) < 4.78 is 7.63. The van der Waals surface area contributed by atoms with E-state index in [-0.39, 0.29) is 5.54 Å². The van der Waals surface area contributed by atoms with Gasteiger partial charge in [-0.15, -0.1) is 0 Å². The first-order valence-electron chi connectivity index (χ1n) is 9.98. The Morgan fingerprint density at radius 1 is 1.14 bits per heavy atom. The predicted molar refractivity (Wildman–Crippen MR) is 106 cm³/mol. The Bertz CT molecular complexity index is 954. The van der Waals surface area contributed by atoms with E-state index in [2.05, 4.69) is 37.6 Å². The summed E-state index contributed by atoms with van der Waals surface area (Å²) in [5.74, 6) is 2.08. The number of imidazole rings is 1. The van der Waals surface area contributed by atoms with Gasteiger partial charge in [0.25, 0.3) is 0 Å². The van der Waals surface area contributed by atoms with Gasteiger partial charge < -0.3 is 9.09 Å². The molecule has 0 atom stereocenters.